The van der Waals surface area contributed by atoms with Crippen molar-refractivity contribution in [3.8, 4) is 5.88 Å². The number of piperazine rings is 1. The molecule has 2 N–H and O–H groups in total. The Morgan fingerprint density at radius 1 is 1.50 bits per heavy atom. The minimum Gasteiger partial charge on any atom is -0.481 e. The van der Waals surface area contributed by atoms with Gasteiger partial charge in [-0.25, -0.2) is 4.98 Å². The van der Waals surface area contributed by atoms with Crippen LogP contribution in [0.2, 0.25) is 0 Å². The number of hydrogen-bond acceptors (Lipinski definition) is 4. The van der Waals surface area contributed by atoms with E-state index in [9.17, 15) is 0 Å². The van der Waals surface area contributed by atoms with Crippen LogP contribution in [0.4, 0.5) is 0 Å². The molecule has 0 spiro atoms. The SMILES string of the molecule is COc1cc(C2CNCCN2)ccn1. The Hall–Kier alpha value is -1.13. The van der Waals surface area contributed by atoms with E-state index in [-0.39, 0.29) is 0 Å². The maximum atomic E-state index is 5.09. The van der Waals surface area contributed by atoms with E-state index >= 15 is 0 Å². The normalized spacial score (nSPS) is 21.9. The molecule has 1 unspecified atom stereocenters. The Labute approximate surface area is 83.7 Å². The van der Waals surface area contributed by atoms with Gasteiger partial charge in [-0.1, -0.05) is 0 Å². The fourth-order valence-electron chi connectivity index (χ4n) is 1.64. The number of pyridine rings is 1. The van der Waals surface area contributed by atoms with Crippen LogP contribution in [0.5, 0.6) is 5.88 Å². The van der Waals surface area contributed by atoms with E-state index in [1.54, 1.807) is 13.3 Å². The summed E-state index contributed by atoms with van der Waals surface area (Å²) in [6, 6.07) is 4.37. The minimum absolute atomic E-state index is 0.376. The number of nitrogens with one attached hydrogen (secondary N) is 2. The fourth-order valence-corrected chi connectivity index (χ4v) is 1.64. The van der Waals surface area contributed by atoms with Crippen LogP contribution >= 0.6 is 0 Å². The lowest BCUT2D eigenvalue weighted by Gasteiger charge is -2.24. The summed E-state index contributed by atoms with van der Waals surface area (Å²) in [7, 11) is 1.64. The molecule has 0 bridgehead atoms. The maximum Gasteiger partial charge on any atom is 0.213 e. The topological polar surface area (TPSA) is 46.2 Å². The van der Waals surface area contributed by atoms with Gasteiger partial charge in [0.1, 0.15) is 0 Å². The molecule has 0 saturated carbocycles. The molecule has 0 aliphatic carbocycles. The number of rotatable bonds is 2. The van der Waals surface area contributed by atoms with Crippen LogP contribution < -0.4 is 15.4 Å². The number of methoxy groups -OCH3 is 1. The van der Waals surface area contributed by atoms with E-state index in [1.807, 2.05) is 12.1 Å². The standard InChI is InChI=1S/C10H15N3O/c1-14-10-6-8(2-3-13-10)9-7-11-4-5-12-9/h2-3,6,9,11-12H,4-5,7H2,1H3. The zero-order valence-corrected chi connectivity index (χ0v) is 8.29. The zero-order chi connectivity index (χ0) is 9.80. The molecule has 0 amide bonds. The Morgan fingerprint density at radius 3 is 3.14 bits per heavy atom. The van der Waals surface area contributed by atoms with Gasteiger partial charge >= 0.3 is 0 Å². The van der Waals surface area contributed by atoms with E-state index in [1.165, 1.54) is 5.56 Å². The molecule has 1 saturated heterocycles. The van der Waals surface area contributed by atoms with Crippen LogP contribution in [0.15, 0.2) is 18.3 Å². The average molecular weight is 193 g/mol. The quantitative estimate of drug-likeness (QED) is 0.710. The van der Waals surface area contributed by atoms with Crippen LogP contribution in [0.1, 0.15) is 11.6 Å². The van der Waals surface area contributed by atoms with Gasteiger partial charge in [0.15, 0.2) is 0 Å². The van der Waals surface area contributed by atoms with Crippen molar-refractivity contribution in [1.82, 2.24) is 15.6 Å². The van der Waals surface area contributed by atoms with Crippen molar-refractivity contribution in [3.05, 3.63) is 23.9 Å². The summed E-state index contributed by atoms with van der Waals surface area (Å²) in [5.74, 6) is 0.676. The minimum atomic E-state index is 0.376. The smallest absolute Gasteiger partial charge is 0.213 e. The molecule has 1 aliphatic rings. The highest BCUT2D eigenvalue weighted by Crippen LogP contribution is 2.16. The van der Waals surface area contributed by atoms with Gasteiger partial charge in [0, 0.05) is 37.9 Å². The molecule has 2 rings (SSSR count). The van der Waals surface area contributed by atoms with Crippen LogP contribution in [0, 0.1) is 0 Å². The summed E-state index contributed by atoms with van der Waals surface area (Å²) in [5, 5.41) is 6.79. The second-order valence-corrected chi connectivity index (χ2v) is 3.34. The van der Waals surface area contributed by atoms with Gasteiger partial charge in [0.05, 0.1) is 7.11 Å². The summed E-state index contributed by atoms with van der Waals surface area (Å²) in [5.41, 5.74) is 1.23. The lowest BCUT2D eigenvalue weighted by Crippen LogP contribution is -2.42. The molecule has 1 aromatic rings. The monoisotopic (exact) mass is 193 g/mol. The third-order valence-corrected chi connectivity index (χ3v) is 2.41. The fraction of sp³-hybridized carbons (Fsp3) is 0.500. The number of hydrogen-bond donors (Lipinski definition) is 2. The lowest BCUT2D eigenvalue weighted by molar-refractivity contribution is 0.392. The molecule has 1 fully saturated rings. The van der Waals surface area contributed by atoms with Gasteiger partial charge < -0.3 is 15.4 Å². The highest BCUT2D eigenvalue weighted by atomic mass is 16.5. The molecular weight excluding hydrogens is 178 g/mol. The van der Waals surface area contributed by atoms with E-state index < -0.39 is 0 Å². The summed E-state index contributed by atoms with van der Waals surface area (Å²) in [4.78, 5) is 4.08. The number of nitrogens with zero attached hydrogens (tertiary/aromatic N) is 1. The molecule has 76 valence electrons. The molecule has 0 radical (unpaired) electrons. The van der Waals surface area contributed by atoms with E-state index in [0.717, 1.165) is 19.6 Å². The van der Waals surface area contributed by atoms with E-state index in [0.29, 0.717) is 11.9 Å². The number of ether oxygens (including phenoxy) is 1. The average Bonchev–Trinajstić information content (AvgIpc) is 2.30. The molecule has 4 nitrogen and oxygen atoms in total. The molecule has 14 heavy (non-hydrogen) atoms. The first kappa shape index (κ1) is 9.43. The van der Waals surface area contributed by atoms with Crippen LogP contribution in [0.25, 0.3) is 0 Å². The second kappa shape index (κ2) is 4.39. The summed E-state index contributed by atoms with van der Waals surface area (Å²) < 4.78 is 5.09. The Bertz CT molecular complexity index is 297. The second-order valence-electron chi connectivity index (χ2n) is 3.34. The predicted molar refractivity (Wildman–Crippen MR) is 54.4 cm³/mol. The molecular formula is C10H15N3O. The largest absolute Gasteiger partial charge is 0.481 e. The molecule has 1 atom stereocenters. The first-order valence-electron chi connectivity index (χ1n) is 4.84. The van der Waals surface area contributed by atoms with Gasteiger partial charge in [-0.3, -0.25) is 0 Å². The third-order valence-electron chi connectivity index (χ3n) is 2.41. The first-order chi connectivity index (χ1) is 6.90. The van der Waals surface area contributed by atoms with Crippen molar-refractivity contribution in [2.45, 2.75) is 6.04 Å². The third kappa shape index (κ3) is 2.02. The van der Waals surface area contributed by atoms with Crippen molar-refractivity contribution >= 4 is 0 Å². The van der Waals surface area contributed by atoms with Crippen molar-refractivity contribution < 1.29 is 4.74 Å². The molecule has 0 aromatic carbocycles. The van der Waals surface area contributed by atoms with Gasteiger partial charge in [-0.05, 0) is 11.6 Å². The van der Waals surface area contributed by atoms with Crippen molar-refractivity contribution in [2.75, 3.05) is 26.7 Å². The number of aromatic nitrogens is 1. The van der Waals surface area contributed by atoms with Crippen LogP contribution in [-0.2, 0) is 0 Å². The molecule has 2 heterocycles. The molecule has 4 heteroatoms. The van der Waals surface area contributed by atoms with Gasteiger partial charge in [0.25, 0.3) is 0 Å². The van der Waals surface area contributed by atoms with Crippen LogP contribution in [-0.4, -0.2) is 31.7 Å². The van der Waals surface area contributed by atoms with Gasteiger partial charge in [-0.2, -0.15) is 0 Å². The predicted octanol–water partition coefficient (Wildman–Crippen LogP) is 0.324. The summed E-state index contributed by atoms with van der Waals surface area (Å²) in [6.07, 6.45) is 1.78. The zero-order valence-electron chi connectivity index (χ0n) is 8.29. The summed E-state index contributed by atoms with van der Waals surface area (Å²) in [6.45, 7) is 3.02. The highest BCUT2D eigenvalue weighted by Gasteiger charge is 2.14. The maximum absolute atomic E-state index is 5.09. The Balaban J connectivity index is 2.13. The van der Waals surface area contributed by atoms with Crippen molar-refractivity contribution in [3.63, 3.8) is 0 Å². The van der Waals surface area contributed by atoms with E-state index in [4.69, 9.17) is 4.74 Å². The van der Waals surface area contributed by atoms with E-state index in [2.05, 4.69) is 15.6 Å². The Kier molecular flexibility index (Phi) is 2.96. The first-order valence-corrected chi connectivity index (χ1v) is 4.84. The van der Waals surface area contributed by atoms with Crippen LogP contribution in [0.3, 0.4) is 0 Å². The van der Waals surface area contributed by atoms with Crippen molar-refractivity contribution in [2.24, 2.45) is 0 Å². The van der Waals surface area contributed by atoms with Gasteiger partial charge in [-0.15, -0.1) is 0 Å². The highest BCUT2D eigenvalue weighted by molar-refractivity contribution is 5.24. The molecule has 1 aromatic heterocycles. The molecule has 1 aliphatic heterocycles. The summed E-state index contributed by atoms with van der Waals surface area (Å²) >= 11 is 0. The van der Waals surface area contributed by atoms with Gasteiger partial charge in [0.2, 0.25) is 5.88 Å². The van der Waals surface area contributed by atoms with Crippen molar-refractivity contribution in [1.29, 1.82) is 0 Å². The lowest BCUT2D eigenvalue weighted by atomic mass is 10.1. The Morgan fingerprint density at radius 2 is 2.43 bits per heavy atom.